The maximum absolute atomic E-state index is 15.1. The van der Waals surface area contributed by atoms with Gasteiger partial charge in [-0.05, 0) is 55.1 Å². The number of nitrogens with zero attached hydrogens (tertiary/aromatic N) is 2. The Labute approximate surface area is 287 Å². The molecule has 1 N–H and O–H groups in total. The van der Waals surface area contributed by atoms with Crippen molar-refractivity contribution in [2.75, 3.05) is 26.9 Å². The molecule has 1 aromatic heterocycles. The van der Waals surface area contributed by atoms with Gasteiger partial charge >= 0.3 is 0 Å². The molecule has 3 aromatic carbocycles. The van der Waals surface area contributed by atoms with Crippen molar-refractivity contribution in [2.24, 2.45) is 0 Å². The maximum atomic E-state index is 15.1. The summed E-state index contributed by atoms with van der Waals surface area (Å²) >= 11 is 0. The van der Waals surface area contributed by atoms with Gasteiger partial charge in [0.1, 0.15) is 13.2 Å². The first-order chi connectivity index (χ1) is 24.2. The van der Waals surface area contributed by atoms with E-state index >= 15 is 4.39 Å². The summed E-state index contributed by atoms with van der Waals surface area (Å²) < 4.78 is 38.3. The normalized spacial score (nSPS) is 14.7. The van der Waals surface area contributed by atoms with E-state index in [4.69, 9.17) is 18.9 Å². The van der Waals surface area contributed by atoms with Gasteiger partial charge in [-0.2, -0.15) is 8.96 Å². The van der Waals surface area contributed by atoms with Crippen LogP contribution in [0.4, 0.5) is 4.39 Å². The number of ether oxygens (including phenoxy) is 4. The van der Waals surface area contributed by atoms with Crippen LogP contribution in [0.25, 0.3) is 0 Å². The molecule has 3 heterocycles. The monoisotopic (exact) mass is 683 g/mol. The van der Waals surface area contributed by atoms with Crippen molar-refractivity contribution < 1.29 is 52.2 Å². The zero-order valence-electron chi connectivity index (χ0n) is 27.4. The zero-order chi connectivity index (χ0) is 35.2. The van der Waals surface area contributed by atoms with Gasteiger partial charge in [-0.25, -0.2) is 4.90 Å². The molecule has 1 atom stereocenters. The van der Waals surface area contributed by atoms with Crippen molar-refractivity contribution in [1.82, 2.24) is 4.90 Å². The number of rotatable bonds is 14. The molecule has 0 spiro atoms. The van der Waals surface area contributed by atoms with Crippen LogP contribution in [-0.2, 0) is 13.2 Å². The second-order valence-electron chi connectivity index (χ2n) is 12.1. The Hall–Kier alpha value is -5.46. The standard InChI is InChI=1S/C38H36FN2O9/c1-40(21-26-5-2-3-6-27(26)31(44)12-10-29(42)24-8-14-33-35(19-24)48-18-17-47-33)23-41-16-4-7-28(39)38(41)32(45)13-11-30(43)25-9-15-34-36(20-25)50-37(46)22-49-34/h2-9,14-16,19-20,37,46H,10-13,17-18,21-23H2,1H3/q+1. The summed E-state index contributed by atoms with van der Waals surface area (Å²) in [6.07, 6.45) is 0.0694. The molecule has 0 bridgehead atoms. The van der Waals surface area contributed by atoms with E-state index in [1.54, 1.807) is 55.7 Å². The fourth-order valence-electron chi connectivity index (χ4n) is 5.91. The minimum Gasteiger partial charge on any atom is -0.486 e. The van der Waals surface area contributed by atoms with Crippen molar-refractivity contribution in [3.8, 4) is 23.0 Å². The third-order valence-electron chi connectivity index (χ3n) is 8.37. The molecule has 0 saturated carbocycles. The first-order valence-corrected chi connectivity index (χ1v) is 16.2. The number of hydrogen-bond donors (Lipinski definition) is 1. The van der Waals surface area contributed by atoms with Gasteiger partial charge in [-0.15, -0.1) is 0 Å². The molecular weight excluding hydrogens is 647 g/mol. The highest BCUT2D eigenvalue weighted by Gasteiger charge is 2.27. The number of aromatic nitrogens is 1. The Morgan fingerprint density at radius 2 is 1.38 bits per heavy atom. The number of benzene rings is 3. The summed E-state index contributed by atoms with van der Waals surface area (Å²) in [5.41, 5.74) is 1.74. The number of halogens is 1. The molecule has 11 nitrogen and oxygen atoms in total. The Morgan fingerprint density at radius 1 is 0.760 bits per heavy atom. The second-order valence-corrected chi connectivity index (χ2v) is 12.1. The van der Waals surface area contributed by atoms with Gasteiger partial charge in [0.05, 0.1) is 0 Å². The van der Waals surface area contributed by atoms with E-state index in [0.29, 0.717) is 53.7 Å². The summed E-state index contributed by atoms with van der Waals surface area (Å²) in [7, 11) is 1.78. The molecule has 2 aliphatic heterocycles. The van der Waals surface area contributed by atoms with Crippen molar-refractivity contribution in [3.05, 3.63) is 113 Å². The highest BCUT2D eigenvalue weighted by Crippen LogP contribution is 2.33. The Bertz CT molecular complexity index is 1950. The molecule has 0 fully saturated rings. The van der Waals surface area contributed by atoms with E-state index in [1.165, 1.54) is 22.8 Å². The Morgan fingerprint density at radius 3 is 2.12 bits per heavy atom. The van der Waals surface area contributed by atoms with Gasteiger partial charge < -0.3 is 24.1 Å². The highest BCUT2D eigenvalue weighted by atomic mass is 19.1. The number of hydrogen-bond acceptors (Lipinski definition) is 10. The first kappa shape index (κ1) is 34.4. The number of fused-ring (bicyclic) bond motifs is 2. The smallest absolute Gasteiger partial charge is 0.285 e. The van der Waals surface area contributed by atoms with Crippen LogP contribution in [0, 0.1) is 5.82 Å². The van der Waals surface area contributed by atoms with Crippen molar-refractivity contribution in [1.29, 1.82) is 0 Å². The minimum atomic E-state index is -1.15. The molecule has 4 aromatic rings. The van der Waals surface area contributed by atoms with Crippen molar-refractivity contribution in [3.63, 3.8) is 0 Å². The summed E-state index contributed by atoms with van der Waals surface area (Å²) in [6, 6.07) is 19.3. The summed E-state index contributed by atoms with van der Waals surface area (Å²) in [5.74, 6) is -0.264. The summed E-state index contributed by atoms with van der Waals surface area (Å²) in [4.78, 5) is 54.3. The Kier molecular flexibility index (Phi) is 10.6. The van der Waals surface area contributed by atoms with Crippen LogP contribution in [0.15, 0.2) is 79.0 Å². The van der Waals surface area contributed by atoms with Gasteiger partial charge in [-0.3, -0.25) is 19.2 Å². The van der Waals surface area contributed by atoms with Crippen LogP contribution in [0.1, 0.15) is 72.8 Å². The average molecular weight is 684 g/mol. The van der Waals surface area contributed by atoms with Crippen LogP contribution in [-0.4, -0.2) is 66.3 Å². The average Bonchev–Trinajstić information content (AvgIpc) is 3.12. The van der Waals surface area contributed by atoms with E-state index in [1.807, 2.05) is 17.0 Å². The molecule has 0 aliphatic carbocycles. The molecule has 258 valence electrons. The largest absolute Gasteiger partial charge is 0.486 e. The SMILES string of the molecule is CN(Cc1ccccc1C(=O)CCC(=O)c1ccc2c(c1)OCCO2)C[n+]1cccc(F)c1C(=O)CCC(=O)c1ccc2c(c1)OC(O)CO2. The van der Waals surface area contributed by atoms with E-state index < -0.39 is 17.9 Å². The fraction of sp³-hybridized carbons (Fsp3) is 0.289. The zero-order valence-corrected chi connectivity index (χ0v) is 27.4. The van der Waals surface area contributed by atoms with E-state index in [2.05, 4.69) is 0 Å². The second kappa shape index (κ2) is 15.4. The van der Waals surface area contributed by atoms with Crippen LogP contribution in [0.3, 0.4) is 0 Å². The van der Waals surface area contributed by atoms with Gasteiger partial charge in [0.15, 0.2) is 59.0 Å². The molecule has 0 amide bonds. The van der Waals surface area contributed by atoms with Crippen LogP contribution in [0.5, 0.6) is 23.0 Å². The quantitative estimate of drug-likeness (QED) is 0.147. The number of pyridine rings is 1. The minimum absolute atomic E-state index is 0.0121. The highest BCUT2D eigenvalue weighted by molar-refractivity contribution is 6.03. The molecule has 12 heteroatoms. The lowest BCUT2D eigenvalue weighted by Crippen LogP contribution is -2.47. The molecule has 0 radical (unpaired) electrons. The lowest BCUT2D eigenvalue weighted by Gasteiger charge is -2.23. The molecule has 6 rings (SSSR count). The topological polar surface area (TPSA) is 133 Å². The van der Waals surface area contributed by atoms with Gasteiger partial charge in [0.2, 0.25) is 18.7 Å². The molecule has 50 heavy (non-hydrogen) atoms. The van der Waals surface area contributed by atoms with Crippen LogP contribution in [0.2, 0.25) is 0 Å². The third-order valence-corrected chi connectivity index (χ3v) is 8.37. The number of carbonyl (C=O) groups excluding carboxylic acids is 4. The number of carbonyl (C=O) groups is 4. The lowest BCUT2D eigenvalue weighted by atomic mass is 9.97. The lowest BCUT2D eigenvalue weighted by molar-refractivity contribution is -0.718. The van der Waals surface area contributed by atoms with Gasteiger partial charge in [-0.1, -0.05) is 24.3 Å². The van der Waals surface area contributed by atoms with Crippen LogP contribution >= 0.6 is 0 Å². The van der Waals surface area contributed by atoms with Gasteiger partial charge in [0.25, 0.3) is 5.69 Å². The van der Waals surface area contributed by atoms with E-state index in [9.17, 15) is 24.3 Å². The van der Waals surface area contributed by atoms with E-state index in [-0.39, 0.29) is 73.3 Å². The van der Waals surface area contributed by atoms with Crippen LogP contribution < -0.4 is 23.5 Å². The number of aliphatic hydroxyl groups excluding tert-OH is 1. The molecule has 1 unspecified atom stereocenters. The molecular formula is C38H36FN2O9+. The molecule has 0 saturated heterocycles. The fourth-order valence-corrected chi connectivity index (χ4v) is 5.91. The van der Waals surface area contributed by atoms with Crippen molar-refractivity contribution >= 4 is 23.1 Å². The summed E-state index contributed by atoms with van der Waals surface area (Å²) in [6.45, 7) is 1.24. The number of aliphatic hydroxyl groups is 1. The van der Waals surface area contributed by atoms with Crippen molar-refractivity contribution in [2.45, 2.75) is 45.2 Å². The molecule has 2 aliphatic rings. The van der Waals surface area contributed by atoms with Gasteiger partial charge in [0, 0.05) is 55.0 Å². The van der Waals surface area contributed by atoms with E-state index in [0.717, 1.165) is 0 Å². The predicted octanol–water partition coefficient (Wildman–Crippen LogP) is 4.76. The number of Topliss-reactive ketones (excluding diaryl/α,β-unsaturated/α-hetero) is 4. The predicted molar refractivity (Wildman–Crippen MR) is 176 cm³/mol. The summed E-state index contributed by atoms with van der Waals surface area (Å²) in [5, 5.41) is 9.68. The number of ketones is 4. The maximum Gasteiger partial charge on any atom is 0.285 e. The Balaban J connectivity index is 1.07. The third kappa shape index (κ3) is 8.04. The first-order valence-electron chi connectivity index (χ1n) is 16.2.